The average molecular weight is 588 g/mol. The standard InChI is InChI=1S/C29H37N3O8S/c30-22(29(39)40)14-16-25(35)32-23(28(38)31-17-26(36)37)18-41-27(20-9-5-2-6-10-20)24(34)15-13-21(33)12-11-19-7-3-1-4-8-19/h1-10,22-24,27,34H,11-18,30H2,(H,31,38)(H,32,35)(H,36,37)(H,39,40). The maximum atomic E-state index is 12.7. The lowest BCUT2D eigenvalue weighted by molar-refractivity contribution is -0.139. The van der Waals surface area contributed by atoms with Crippen molar-refractivity contribution in [2.75, 3.05) is 12.3 Å². The first-order valence-corrected chi connectivity index (χ1v) is 14.3. The number of carbonyl (C=O) groups excluding carboxylic acids is 3. The number of aliphatic carboxylic acids is 2. The summed E-state index contributed by atoms with van der Waals surface area (Å²) >= 11 is 1.18. The molecule has 0 fully saturated rings. The number of carboxylic acids is 2. The summed E-state index contributed by atoms with van der Waals surface area (Å²) in [4.78, 5) is 59.6. The minimum Gasteiger partial charge on any atom is -0.480 e. The molecule has 0 saturated carbocycles. The summed E-state index contributed by atoms with van der Waals surface area (Å²) < 4.78 is 0. The molecule has 0 saturated heterocycles. The van der Waals surface area contributed by atoms with Gasteiger partial charge in [-0.1, -0.05) is 60.7 Å². The van der Waals surface area contributed by atoms with Crippen LogP contribution in [0.25, 0.3) is 0 Å². The van der Waals surface area contributed by atoms with Gasteiger partial charge in [0.05, 0.1) is 11.4 Å². The van der Waals surface area contributed by atoms with Gasteiger partial charge in [0.15, 0.2) is 0 Å². The zero-order valence-corrected chi connectivity index (χ0v) is 23.4. The number of hydrogen-bond donors (Lipinski definition) is 6. The maximum absolute atomic E-state index is 12.7. The Hall–Kier alpha value is -3.74. The number of carboxylic acid groups (broad SMARTS) is 2. The highest BCUT2D eigenvalue weighted by Gasteiger charge is 2.28. The van der Waals surface area contributed by atoms with E-state index in [0.717, 1.165) is 11.1 Å². The Morgan fingerprint density at radius 1 is 0.854 bits per heavy atom. The number of nitrogens with one attached hydrogen (secondary N) is 2. The van der Waals surface area contributed by atoms with Gasteiger partial charge >= 0.3 is 11.9 Å². The maximum Gasteiger partial charge on any atom is 0.322 e. The molecule has 0 spiro atoms. The third kappa shape index (κ3) is 13.0. The molecule has 12 heteroatoms. The molecule has 4 unspecified atom stereocenters. The molecule has 7 N–H and O–H groups in total. The molecule has 0 aliphatic heterocycles. The quantitative estimate of drug-likeness (QED) is 0.141. The number of carbonyl (C=O) groups is 5. The number of hydrogen-bond acceptors (Lipinski definition) is 8. The van der Waals surface area contributed by atoms with Gasteiger partial charge in [-0.25, -0.2) is 0 Å². The molecule has 222 valence electrons. The highest BCUT2D eigenvalue weighted by atomic mass is 32.2. The van der Waals surface area contributed by atoms with E-state index >= 15 is 0 Å². The van der Waals surface area contributed by atoms with E-state index in [1.54, 1.807) is 12.1 Å². The molecule has 2 amide bonds. The second-order valence-corrected chi connectivity index (χ2v) is 10.7. The first-order valence-electron chi connectivity index (χ1n) is 13.2. The fraction of sp³-hybridized carbons (Fsp3) is 0.414. The van der Waals surface area contributed by atoms with E-state index in [1.807, 2.05) is 48.5 Å². The summed E-state index contributed by atoms with van der Waals surface area (Å²) in [5.41, 5.74) is 7.26. The van der Waals surface area contributed by atoms with Gasteiger partial charge in [0.25, 0.3) is 0 Å². The Morgan fingerprint density at radius 3 is 2.10 bits per heavy atom. The summed E-state index contributed by atoms with van der Waals surface area (Å²) in [6.07, 6.45) is -0.0376. The van der Waals surface area contributed by atoms with Crippen LogP contribution >= 0.6 is 11.8 Å². The van der Waals surface area contributed by atoms with Crippen molar-refractivity contribution in [3.8, 4) is 0 Å². The molecule has 41 heavy (non-hydrogen) atoms. The number of amides is 2. The van der Waals surface area contributed by atoms with Gasteiger partial charge < -0.3 is 31.7 Å². The van der Waals surface area contributed by atoms with E-state index in [0.29, 0.717) is 12.8 Å². The summed E-state index contributed by atoms with van der Waals surface area (Å²) in [6.45, 7) is -0.657. The Bertz CT molecular complexity index is 1150. The molecule has 0 aromatic heterocycles. The van der Waals surface area contributed by atoms with Gasteiger partial charge in [0.2, 0.25) is 11.8 Å². The van der Waals surface area contributed by atoms with Crippen LogP contribution in [-0.4, -0.2) is 75.3 Å². The largest absolute Gasteiger partial charge is 0.480 e. The summed E-state index contributed by atoms with van der Waals surface area (Å²) in [5.74, 6) is -3.91. The zero-order valence-electron chi connectivity index (χ0n) is 22.6. The Morgan fingerprint density at radius 2 is 1.49 bits per heavy atom. The highest BCUT2D eigenvalue weighted by Crippen LogP contribution is 2.34. The van der Waals surface area contributed by atoms with Gasteiger partial charge in [-0.3, -0.25) is 24.0 Å². The summed E-state index contributed by atoms with van der Waals surface area (Å²) in [5, 5.41) is 33.2. The van der Waals surface area contributed by atoms with Crippen LogP contribution in [0, 0.1) is 0 Å². The number of Topliss-reactive ketones (excluding diaryl/α,β-unsaturated/α-hetero) is 1. The fourth-order valence-electron chi connectivity index (χ4n) is 3.93. The molecule has 0 heterocycles. The first kappa shape index (κ1) is 33.5. The van der Waals surface area contributed by atoms with Crippen LogP contribution in [0.3, 0.4) is 0 Å². The van der Waals surface area contributed by atoms with Crippen molar-refractivity contribution in [1.82, 2.24) is 10.6 Å². The molecule has 2 rings (SSSR count). The number of aliphatic hydroxyl groups is 1. The smallest absolute Gasteiger partial charge is 0.322 e. The lowest BCUT2D eigenvalue weighted by atomic mass is 10.00. The van der Waals surface area contributed by atoms with Crippen LogP contribution < -0.4 is 16.4 Å². The minimum absolute atomic E-state index is 0.0162. The highest BCUT2D eigenvalue weighted by molar-refractivity contribution is 7.99. The third-order valence-electron chi connectivity index (χ3n) is 6.24. The van der Waals surface area contributed by atoms with Crippen LogP contribution in [0.15, 0.2) is 60.7 Å². The Labute approximate surface area is 242 Å². The normalized spacial score (nSPS) is 13.8. The van der Waals surface area contributed by atoms with Crippen molar-refractivity contribution in [3.05, 3.63) is 71.8 Å². The van der Waals surface area contributed by atoms with Crippen molar-refractivity contribution in [2.24, 2.45) is 5.73 Å². The molecular formula is C29H37N3O8S. The topological polar surface area (TPSA) is 196 Å². The second-order valence-electron chi connectivity index (χ2n) is 9.51. The Kier molecular flexibility index (Phi) is 14.6. The predicted molar refractivity (Wildman–Crippen MR) is 154 cm³/mol. The molecule has 0 bridgehead atoms. The number of aliphatic hydroxyl groups excluding tert-OH is 1. The molecular weight excluding hydrogens is 550 g/mol. The summed E-state index contributed by atoms with van der Waals surface area (Å²) in [6, 6.07) is 16.2. The van der Waals surface area contributed by atoms with Crippen molar-refractivity contribution in [3.63, 3.8) is 0 Å². The predicted octanol–water partition coefficient (Wildman–Crippen LogP) is 1.68. The van der Waals surface area contributed by atoms with Crippen molar-refractivity contribution in [2.45, 2.75) is 62.0 Å². The van der Waals surface area contributed by atoms with Crippen molar-refractivity contribution < 1.29 is 39.3 Å². The number of ketones is 1. The van der Waals surface area contributed by atoms with E-state index in [-0.39, 0.29) is 37.2 Å². The van der Waals surface area contributed by atoms with Gasteiger partial charge in [-0.05, 0) is 30.4 Å². The van der Waals surface area contributed by atoms with Crippen LogP contribution in [0.1, 0.15) is 48.5 Å². The van der Waals surface area contributed by atoms with Gasteiger partial charge in [-0.15, -0.1) is 11.8 Å². The lowest BCUT2D eigenvalue weighted by Gasteiger charge is -2.26. The molecule has 2 aromatic rings. The van der Waals surface area contributed by atoms with E-state index in [2.05, 4.69) is 10.6 Å². The van der Waals surface area contributed by atoms with Crippen LogP contribution in [0.5, 0.6) is 0 Å². The van der Waals surface area contributed by atoms with E-state index < -0.39 is 53.7 Å². The van der Waals surface area contributed by atoms with Crippen molar-refractivity contribution >= 4 is 41.3 Å². The van der Waals surface area contributed by atoms with Crippen molar-refractivity contribution in [1.29, 1.82) is 0 Å². The molecule has 4 atom stereocenters. The van der Waals surface area contributed by atoms with Gasteiger partial charge in [0.1, 0.15) is 24.4 Å². The number of aryl methyl sites for hydroxylation is 1. The molecule has 0 radical (unpaired) electrons. The number of benzene rings is 2. The number of nitrogens with two attached hydrogens (primary N) is 1. The summed E-state index contributed by atoms with van der Waals surface area (Å²) in [7, 11) is 0. The van der Waals surface area contributed by atoms with Crippen LogP contribution in [-0.2, 0) is 30.4 Å². The monoisotopic (exact) mass is 587 g/mol. The first-order chi connectivity index (χ1) is 19.6. The molecule has 0 aliphatic carbocycles. The van der Waals surface area contributed by atoms with Gasteiger partial charge in [0, 0.05) is 25.0 Å². The molecule has 0 aliphatic rings. The number of thioether (sulfide) groups is 1. The minimum atomic E-state index is -1.27. The Balaban J connectivity index is 2.05. The second kappa shape index (κ2) is 17.8. The van der Waals surface area contributed by atoms with E-state index in [4.69, 9.17) is 15.9 Å². The SMILES string of the molecule is NC(CCC(=O)NC(CSC(c1ccccc1)C(O)CCC(=O)CCc1ccccc1)C(=O)NCC(=O)O)C(=O)O. The zero-order chi connectivity index (χ0) is 30.2. The molecule has 11 nitrogen and oxygen atoms in total. The lowest BCUT2D eigenvalue weighted by Crippen LogP contribution is -2.49. The van der Waals surface area contributed by atoms with Crippen LogP contribution in [0.4, 0.5) is 0 Å². The fourth-order valence-corrected chi connectivity index (χ4v) is 5.27. The van der Waals surface area contributed by atoms with E-state index in [1.165, 1.54) is 11.8 Å². The third-order valence-corrected chi connectivity index (χ3v) is 7.71. The van der Waals surface area contributed by atoms with Gasteiger partial charge in [-0.2, -0.15) is 0 Å². The average Bonchev–Trinajstić information content (AvgIpc) is 2.96. The number of rotatable bonds is 19. The van der Waals surface area contributed by atoms with Crippen LogP contribution in [0.2, 0.25) is 0 Å². The molecule has 2 aromatic carbocycles. The van der Waals surface area contributed by atoms with E-state index in [9.17, 15) is 29.1 Å².